The minimum atomic E-state index is -0.981. The van der Waals surface area contributed by atoms with Gasteiger partial charge >= 0.3 is 5.97 Å². The van der Waals surface area contributed by atoms with Crippen LogP contribution in [0.5, 0.6) is 0 Å². The fraction of sp³-hybridized carbons (Fsp3) is 0.308. The highest BCUT2D eigenvalue weighted by atomic mass is 16.4. The topological polar surface area (TPSA) is 109 Å². The van der Waals surface area contributed by atoms with Gasteiger partial charge in [0.25, 0.3) is 0 Å². The third-order valence-electron chi connectivity index (χ3n) is 1.06. The van der Waals surface area contributed by atoms with E-state index in [9.17, 15) is 14.4 Å². The Kier molecular flexibility index (Phi) is 13.9. The minimum absolute atomic E-state index is 0.123. The standard InChI is InChI=1S/C7H13NO.C3H5NO.C3H4O2/c1-5-6(9)8-7(2,3)4;2*1-2-3(4)5/h5H,1H2,2-4H3,(H,8,9);2H,1H2,(H2,4,5);2H,1H2,(H,4,5). The molecule has 19 heavy (non-hydrogen) atoms. The Morgan fingerprint density at radius 1 is 1.05 bits per heavy atom. The highest BCUT2D eigenvalue weighted by molar-refractivity contribution is 5.87. The predicted octanol–water partition coefficient (Wildman–Crippen LogP) is 1.00. The summed E-state index contributed by atoms with van der Waals surface area (Å²) in [6, 6.07) is 0. The van der Waals surface area contributed by atoms with E-state index in [1.54, 1.807) is 0 Å². The fourth-order valence-corrected chi connectivity index (χ4v) is 0.421. The second-order valence-corrected chi connectivity index (χ2v) is 4.09. The summed E-state index contributed by atoms with van der Waals surface area (Å²) in [6.45, 7) is 15.2. The van der Waals surface area contributed by atoms with Gasteiger partial charge in [-0.15, -0.1) is 0 Å². The molecule has 0 aliphatic carbocycles. The van der Waals surface area contributed by atoms with E-state index in [0.717, 1.165) is 12.2 Å². The Bertz CT molecular complexity index is 323. The first-order valence-corrected chi connectivity index (χ1v) is 5.22. The number of nitrogens with one attached hydrogen (secondary N) is 1. The van der Waals surface area contributed by atoms with E-state index in [4.69, 9.17) is 5.11 Å². The molecule has 0 atom stereocenters. The maximum absolute atomic E-state index is 10.6. The average Bonchev–Trinajstić information content (AvgIpc) is 2.28. The zero-order valence-electron chi connectivity index (χ0n) is 11.6. The number of carbonyl (C=O) groups is 3. The Morgan fingerprint density at radius 2 is 1.37 bits per heavy atom. The normalized spacial score (nSPS) is 8.37. The number of carbonyl (C=O) groups excluding carboxylic acids is 2. The quantitative estimate of drug-likeness (QED) is 0.664. The molecule has 6 nitrogen and oxygen atoms in total. The summed E-state index contributed by atoms with van der Waals surface area (Å²) in [7, 11) is 0. The van der Waals surface area contributed by atoms with Gasteiger partial charge in [-0.3, -0.25) is 9.59 Å². The molecule has 0 rings (SSSR count). The SMILES string of the molecule is C=CC(=O)NC(C)(C)C.C=CC(=O)O.C=CC(N)=O. The first-order valence-electron chi connectivity index (χ1n) is 5.22. The number of hydrogen-bond acceptors (Lipinski definition) is 3. The third kappa shape index (κ3) is 39.0. The van der Waals surface area contributed by atoms with Crippen LogP contribution in [-0.2, 0) is 14.4 Å². The molecule has 2 amide bonds. The van der Waals surface area contributed by atoms with Crippen molar-refractivity contribution in [2.45, 2.75) is 26.3 Å². The molecule has 6 heteroatoms. The van der Waals surface area contributed by atoms with Crippen LogP contribution in [0, 0.1) is 0 Å². The van der Waals surface area contributed by atoms with Crippen LogP contribution in [0.1, 0.15) is 20.8 Å². The molecule has 0 aliphatic rings. The molecule has 0 bridgehead atoms. The first-order chi connectivity index (χ1) is 8.49. The van der Waals surface area contributed by atoms with E-state index in [0.29, 0.717) is 0 Å². The van der Waals surface area contributed by atoms with E-state index < -0.39 is 11.9 Å². The molecule has 0 saturated heterocycles. The lowest BCUT2D eigenvalue weighted by Gasteiger charge is -2.18. The summed E-state index contributed by atoms with van der Waals surface area (Å²) in [6.07, 6.45) is 3.16. The number of rotatable bonds is 3. The fourth-order valence-electron chi connectivity index (χ4n) is 0.421. The molecular formula is C13H22N2O4. The summed E-state index contributed by atoms with van der Waals surface area (Å²) < 4.78 is 0. The molecule has 0 fully saturated rings. The van der Waals surface area contributed by atoms with E-state index >= 15 is 0 Å². The van der Waals surface area contributed by atoms with Crippen LogP contribution in [0.25, 0.3) is 0 Å². The van der Waals surface area contributed by atoms with Crippen molar-refractivity contribution in [1.82, 2.24) is 5.32 Å². The summed E-state index contributed by atoms with van der Waals surface area (Å²) >= 11 is 0. The van der Waals surface area contributed by atoms with Crippen LogP contribution in [0.4, 0.5) is 0 Å². The van der Waals surface area contributed by atoms with Crippen LogP contribution in [0.2, 0.25) is 0 Å². The van der Waals surface area contributed by atoms with Crippen LogP contribution in [0.3, 0.4) is 0 Å². The van der Waals surface area contributed by atoms with Crippen molar-refractivity contribution in [2.75, 3.05) is 0 Å². The number of carboxylic acid groups (broad SMARTS) is 1. The van der Waals surface area contributed by atoms with E-state index in [1.165, 1.54) is 6.08 Å². The third-order valence-corrected chi connectivity index (χ3v) is 1.06. The second-order valence-electron chi connectivity index (χ2n) is 4.09. The molecular weight excluding hydrogens is 248 g/mol. The number of hydrogen-bond donors (Lipinski definition) is 3. The molecule has 108 valence electrons. The molecule has 0 heterocycles. The first kappa shape index (κ1) is 21.9. The van der Waals surface area contributed by atoms with Crippen LogP contribution in [-0.4, -0.2) is 28.4 Å². The monoisotopic (exact) mass is 270 g/mol. The summed E-state index contributed by atoms with van der Waals surface area (Å²) in [4.78, 5) is 29.3. The van der Waals surface area contributed by atoms with Gasteiger partial charge in [-0.25, -0.2) is 4.79 Å². The van der Waals surface area contributed by atoms with E-state index in [1.807, 2.05) is 20.8 Å². The van der Waals surface area contributed by atoms with Gasteiger partial charge < -0.3 is 16.2 Å². The Labute approximate surface area is 113 Å². The predicted molar refractivity (Wildman–Crippen MR) is 75.3 cm³/mol. The van der Waals surface area contributed by atoms with Crippen molar-refractivity contribution in [3.63, 3.8) is 0 Å². The Balaban J connectivity index is -0.000000219. The highest BCUT2D eigenvalue weighted by Gasteiger charge is 2.10. The molecule has 0 aromatic carbocycles. The summed E-state index contributed by atoms with van der Waals surface area (Å²) in [5.74, 6) is -1.59. The van der Waals surface area contributed by atoms with Gasteiger partial charge in [0.05, 0.1) is 0 Å². The molecule has 0 unspecified atom stereocenters. The van der Waals surface area contributed by atoms with Gasteiger partial charge in [-0.05, 0) is 32.9 Å². The highest BCUT2D eigenvalue weighted by Crippen LogP contribution is 1.97. The lowest BCUT2D eigenvalue weighted by Crippen LogP contribution is -2.39. The van der Waals surface area contributed by atoms with E-state index in [2.05, 4.69) is 30.8 Å². The largest absolute Gasteiger partial charge is 0.478 e. The number of amides is 2. The van der Waals surface area contributed by atoms with Crippen molar-refractivity contribution in [1.29, 1.82) is 0 Å². The molecule has 0 aromatic heterocycles. The van der Waals surface area contributed by atoms with Crippen molar-refractivity contribution >= 4 is 17.8 Å². The molecule has 0 spiro atoms. The smallest absolute Gasteiger partial charge is 0.327 e. The average molecular weight is 270 g/mol. The van der Waals surface area contributed by atoms with Gasteiger partial charge in [0.2, 0.25) is 11.8 Å². The van der Waals surface area contributed by atoms with Crippen LogP contribution < -0.4 is 11.1 Å². The van der Waals surface area contributed by atoms with Crippen molar-refractivity contribution < 1.29 is 19.5 Å². The van der Waals surface area contributed by atoms with Crippen molar-refractivity contribution in [3.05, 3.63) is 38.0 Å². The van der Waals surface area contributed by atoms with Gasteiger partial charge in [0, 0.05) is 11.6 Å². The van der Waals surface area contributed by atoms with Crippen LogP contribution in [0.15, 0.2) is 38.0 Å². The number of primary amides is 1. The zero-order valence-corrected chi connectivity index (χ0v) is 11.6. The van der Waals surface area contributed by atoms with Crippen LogP contribution >= 0.6 is 0 Å². The molecule has 0 aliphatic heterocycles. The van der Waals surface area contributed by atoms with Crippen molar-refractivity contribution in [2.24, 2.45) is 5.73 Å². The van der Waals surface area contributed by atoms with Gasteiger partial charge in [0.1, 0.15) is 0 Å². The number of nitrogens with two attached hydrogens (primary N) is 1. The second kappa shape index (κ2) is 12.1. The molecule has 0 aromatic rings. The zero-order chi connectivity index (χ0) is 16.1. The van der Waals surface area contributed by atoms with Gasteiger partial charge in [-0.1, -0.05) is 19.7 Å². The lowest BCUT2D eigenvalue weighted by atomic mass is 10.1. The summed E-state index contributed by atoms with van der Waals surface area (Å²) in [5, 5.41) is 10.3. The molecule has 0 radical (unpaired) electrons. The van der Waals surface area contributed by atoms with Gasteiger partial charge in [-0.2, -0.15) is 0 Å². The number of aliphatic carboxylic acids is 1. The number of carboxylic acids is 1. The summed E-state index contributed by atoms with van der Waals surface area (Å²) in [5.41, 5.74) is 4.39. The maximum atomic E-state index is 10.6. The van der Waals surface area contributed by atoms with E-state index in [-0.39, 0.29) is 11.4 Å². The minimum Gasteiger partial charge on any atom is -0.478 e. The molecule has 4 N–H and O–H groups in total. The Morgan fingerprint density at radius 3 is 1.42 bits per heavy atom. The molecule has 0 saturated carbocycles. The van der Waals surface area contributed by atoms with Gasteiger partial charge in [0.15, 0.2) is 0 Å². The Hall–Kier alpha value is -2.37. The lowest BCUT2D eigenvalue weighted by molar-refractivity contribution is -0.131. The maximum Gasteiger partial charge on any atom is 0.327 e. The van der Waals surface area contributed by atoms with Crippen molar-refractivity contribution in [3.8, 4) is 0 Å².